The van der Waals surface area contributed by atoms with Crippen LogP contribution in [0, 0.1) is 0 Å². The summed E-state index contributed by atoms with van der Waals surface area (Å²) in [4.78, 5) is 15.7. The second-order valence-electron chi connectivity index (χ2n) is 3.65. The average molecular weight is 323 g/mol. The van der Waals surface area contributed by atoms with E-state index in [1.807, 2.05) is 18.2 Å². The molecule has 98 valence electrons. The minimum atomic E-state index is -0.554. The van der Waals surface area contributed by atoms with Crippen LogP contribution in [0.4, 0.5) is 5.69 Å². The number of ether oxygens (including phenoxy) is 2. The molecule has 1 heterocycles. The molecule has 0 spiro atoms. The molecule has 0 saturated heterocycles. The summed E-state index contributed by atoms with van der Waals surface area (Å²) in [6.45, 7) is 0. The normalized spacial score (nSPS) is 10.0. The van der Waals surface area contributed by atoms with Gasteiger partial charge >= 0.3 is 5.97 Å². The van der Waals surface area contributed by atoms with Crippen molar-refractivity contribution in [3.05, 3.63) is 46.6 Å². The zero-order valence-electron chi connectivity index (χ0n) is 10.1. The summed E-state index contributed by atoms with van der Waals surface area (Å²) >= 11 is 3.35. The molecule has 5 nitrogen and oxygen atoms in total. The van der Waals surface area contributed by atoms with E-state index in [1.165, 1.54) is 19.4 Å². The number of benzene rings is 1. The zero-order chi connectivity index (χ0) is 13.8. The van der Waals surface area contributed by atoms with Gasteiger partial charge in [-0.05, 0) is 34.1 Å². The molecule has 19 heavy (non-hydrogen) atoms. The van der Waals surface area contributed by atoms with Gasteiger partial charge in [0.05, 0.1) is 23.5 Å². The Bertz CT molecular complexity index is 617. The first-order chi connectivity index (χ1) is 9.11. The highest BCUT2D eigenvalue weighted by atomic mass is 79.9. The van der Waals surface area contributed by atoms with Crippen molar-refractivity contribution in [3.63, 3.8) is 0 Å². The van der Waals surface area contributed by atoms with Crippen LogP contribution in [-0.4, -0.2) is 18.1 Å². The first-order valence-corrected chi connectivity index (χ1v) is 6.17. The van der Waals surface area contributed by atoms with Gasteiger partial charge in [0.1, 0.15) is 11.3 Å². The average Bonchev–Trinajstić information content (AvgIpc) is 2.42. The molecule has 6 heteroatoms. The Hall–Kier alpha value is -2.08. The number of nitrogens with zero attached hydrogens (tertiary/aromatic N) is 1. The Kier molecular flexibility index (Phi) is 4.01. The quantitative estimate of drug-likeness (QED) is 0.879. The molecule has 2 N–H and O–H groups in total. The van der Waals surface area contributed by atoms with Gasteiger partial charge in [0.2, 0.25) is 5.88 Å². The third-order valence-corrected chi connectivity index (χ3v) is 2.98. The van der Waals surface area contributed by atoms with Gasteiger partial charge in [-0.1, -0.05) is 12.1 Å². The molecule has 0 aliphatic carbocycles. The van der Waals surface area contributed by atoms with Gasteiger partial charge in [0, 0.05) is 0 Å². The third kappa shape index (κ3) is 3.03. The van der Waals surface area contributed by atoms with Crippen molar-refractivity contribution in [1.82, 2.24) is 4.98 Å². The van der Waals surface area contributed by atoms with Crippen molar-refractivity contribution in [2.24, 2.45) is 0 Å². The number of rotatable bonds is 3. The number of pyridine rings is 1. The van der Waals surface area contributed by atoms with Crippen molar-refractivity contribution in [2.75, 3.05) is 12.8 Å². The van der Waals surface area contributed by atoms with E-state index in [2.05, 4.69) is 25.7 Å². The summed E-state index contributed by atoms with van der Waals surface area (Å²) in [6.07, 6.45) is 1.42. The second kappa shape index (κ2) is 5.71. The molecule has 0 unspecified atom stereocenters. The van der Waals surface area contributed by atoms with E-state index in [4.69, 9.17) is 10.5 Å². The van der Waals surface area contributed by atoms with Crippen molar-refractivity contribution in [1.29, 1.82) is 0 Å². The highest BCUT2D eigenvalue weighted by molar-refractivity contribution is 9.10. The van der Waals surface area contributed by atoms with E-state index in [-0.39, 0.29) is 11.4 Å². The Balaban J connectivity index is 2.40. The van der Waals surface area contributed by atoms with Gasteiger partial charge in [-0.3, -0.25) is 0 Å². The number of anilines is 1. The summed E-state index contributed by atoms with van der Waals surface area (Å²) in [5, 5.41) is 0. The molecule has 2 aromatic rings. The monoisotopic (exact) mass is 322 g/mol. The van der Waals surface area contributed by atoms with Crippen molar-refractivity contribution in [2.45, 2.75) is 0 Å². The van der Waals surface area contributed by atoms with Gasteiger partial charge in [-0.25, -0.2) is 9.78 Å². The molecule has 1 aromatic heterocycles. The molecule has 0 aliphatic rings. The minimum absolute atomic E-state index is 0.146. The molecular weight excluding hydrogens is 312 g/mol. The van der Waals surface area contributed by atoms with Crippen LogP contribution in [0.3, 0.4) is 0 Å². The summed E-state index contributed by atoms with van der Waals surface area (Å²) in [7, 11) is 1.29. The van der Waals surface area contributed by atoms with Crippen LogP contribution in [0.1, 0.15) is 10.4 Å². The van der Waals surface area contributed by atoms with Gasteiger partial charge in [-0.2, -0.15) is 0 Å². The van der Waals surface area contributed by atoms with Crippen LogP contribution in [0.2, 0.25) is 0 Å². The summed E-state index contributed by atoms with van der Waals surface area (Å²) < 4.78 is 11.0. The molecular formula is C13H11BrN2O3. The highest BCUT2D eigenvalue weighted by Gasteiger charge is 2.16. The number of esters is 1. The molecule has 1 aromatic carbocycles. The van der Waals surface area contributed by atoms with E-state index in [0.717, 1.165) is 4.47 Å². The molecule has 0 fully saturated rings. The number of halogens is 1. The van der Waals surface area contributed by atoms with Gasteiger partial charge < -0.3 is 15.2 Å². The third-order valence-electron chi connectivity index (χ3n) is 2.32. The van der Waals surface area contributed by atoms with E-state index in [9.17, 15) is 4.79 Å². The molecule has 2 rings (SSSR count). The SMILES string of the molecule is COC(=O)c1cc(N)cnc1Oc1ccccc1Br. The fourth-order valence-corrected chi connectivity index (χ4v) is 1.80. The minimum Gasteiger partial charge on any atom is -0.465 e. The lowest BCUT2D eigenvalue weighted by Crippen LogP contribution is -2.06. The first kappa shape index (κ1) is 13.4. The van der Waals surface area contributed by atoms with E-state index in [0.29, 0.717) is 11.4 Å². The Morgan fingerprint density at radius 1 is 1.37 bits per heavy atom. The number of para-hydroxylation sites is 1. The fourth-order valence-electron chi connectivity index (χ4n) is 1.44. The van der Waals surface area contributed by atoms with E-state index >= 15 is 0 Å². The predicted octanol–water partition coefficient (Wildman–Crippen LogP) is 3.01. The second-order valence-corrected chi connectivity index (χ2v) is 4.50. The maximum atomic E-state index is 11.7. The smallest absolute Gasteiger partial charge is 0.343 e. The van der Waals surface area contributed by atoms with E-state index in [1.54, 1.807) is 6.07 Å². The Labute approximate surface area is 118 Å². The lowest BCUT2D eigenvalue weighted by atomic mass is 10.2. The lowest BCUT2D eigenvalue weighted by molar-refractivity contribution is 0.0597. The van der Waals surface area contributed by atoms with Gasteiger partial charge in [0.15, 0.2) is 0 Å². The number of nitrogen functional groups attached to an aromatic ring is 1. The van der Waals surface area contributed by atoms with Crippen LogP contribution in [0.25, 0.3) is 0 Å². The molecule has 0 saturated carbocycles. The number of aromatic nitrogens is 1. The maximum absolute atomic E-state index is 11.7. The van der Waals surface area contributed by atoms with Crippen molar-refractivity contribution in [3.8, 4) is 11.6 Å². The van der Waals surface area contributed by atoms with Gasteiger partial charge in [0.25, 0.3) is 0 Å². The number of methoxy groups -OCH3 is 1. The largest absolute Gasteiger partial charge is 0.465 e. The standard InChI is InChI=1S/C13H11BrN2O3/c1-18-13(17)9-6-8(15)7-16-12(9)19-11-5-3-2-4-10(11)14/h2-7H,15H2,1H3. The van der Waals surface area contributed by atoms with Crippen molar-refractivity contribution < 1.29 is 14.3 Å². The zero-order valence-corrected chi connectivity index (χ0v) is 11.7. The number of carbonyl (C=O) groups excluding carboxylic acids is 1. The maximum Gasteiger partial charge on any atom is 0.343 e. The predicted molar refractivity (Wildman–Crippen MR) is 74.2 cm³/mol. The topological polar surface area (TPSA) is 74.4 Å². The number of hydrogen-bond donors (Lipinski definition) is 1. The molecule has 0 bridgehead atoms. The van der Waals surface area contributed by atoms with Crippen LogP contribution in [0.15, 0.2) is 41.0 Å². The molecule has 0 amide bonds. The van der Waals surface area contributed by atoms with E-state index < -0.39 is 5.97 Å². The van der Waals surface area contributed by atoms with Crippen LogP contribution in [0.5, 0.6) is 11.6 Å². The molecule has 0 aliphatic heterocycles. The Morgan fingerprint density at radius 3 is 2.79 bits per heavy atom. The van der Waals surface area contributed by atoms with Crippen molar-refractivity contribution >= 4 is 27.6 Å². The summed E-state index contributed by atoms with van der Waals surface area (Å²) in [5.41, 5.74) is 6.15. The fraction of sp³-hybridized carbons (Fsp3) is 0.0769. The summed E-state index contributed by atoms with van der Waals surface area (Å²) in [6, 6.07) is 8.71. The number of nitrogens with two attached hydrogens (primary N) is 1. The van der Waals surface area contributed by atoms with Crippen LogP contribution >= 0.6 is 15.9 Å². The number of hydrogen-bond acceptors (Lipinski definition) is 5. The number of carbonyl (C=O) groups is 1. The highest BCUT2D eigenvalue weighted by Crippen LogP contribution is 2.30. The lowest BCUT2D eigenvalue weighted by Gasteiger charge is -2.10. The Morgan fingerprint density at radius 2 is 2.11 bits per heavy atom. The molecule has 0 radical (unpaired) electrons. The van der Waals surface area contributed by atoms with Crippen LogP contribution in [-0.2, 0) is 4.74 Å². The van der Waals surface area contributed by atoms with Gasteiger partial charge in [-0.15, -0.1) is 0 Å². The van der Waals surface area contributed by atoms with Crippen LogP contribution < -0.4 is 10.5 Å². The summed E-state index contributed by atoms with van der Waals surface area (Å²) in [5.74, 6) is 0.139. The molecule has 0 atom stereocenters. The first-order valence-electron chi connectivity index (χ1n) is 5.38.